The van der Waals surface area contributed by atoms with Gasteiger partial charge < -0.3 is 10.5 Å². The van der Waals surface area contributed by atoms with Gasteiger partial charge in [0.15, 0.2) is 0 Å². The van der Waals surface area contributed by atoms with Gasteiger partial charge in [-0.05, 0) is 55.3 Å². The average Bonchev–Trinajstić information content (AvgIpc) is 2.85. The van der Waals surface area contributed by atoms with Crippen LogP contribution in [0.2, 0.25) is 0 Å². The van der Waals surface area contributed by atoms with E-state index in [1.165, 1.54) is 32.1 Å². The van der Waals surface area contributed by atoms with Crippen molar-refractivity contribution in [2.24, 2.45) is 28.9 Å². The Morgan fingerprint density at radius 1 is 1.27 bits per heavy atom. The molecule has 3 aliphatic rings. The second kappa shape index (κ2) is 3.21. The topological polar surface area (TPSA) is 35.2 Å². The summed E-state index contributed by atoms with van der Waals surface area (Å²) in [5.74, 6) is 2.46. The Bertz CT molecular complexity index is 263. The van der Waals surface area contributed by atoms with E-state index in [9.17, 15) is 0 Å². The number of hydrogen-bond acceptors (Lipinski definition) is 2. The van der Waals surface area contributed by atoms with E-state index in [2.05, 4.69) is 6.92 Å². The highest BCUT2D eigenvalue weighted by Gasteiger charge is 2.60. The SMILES string of the molecule is CO[C@@H]1C[C@]2(C[C@H]1C)[C@H]1CC[C@H](C1)[C@H]2N. The molecule has 3 aliphatic carbocycles. The molecule has 1 spiro atoms. The first-order valence-corrected chi connectivity index (χ1v) is 6.46. The second-order valence-electron chi connectivity index (χ2n) is 6.19. The molecule has 86 valence electrons. The van der Waals surface area contributed by atoms with Crippen molar-refractivity contribution in [2.45, 2.75) is 51.2 Å². The lowest BCUT2D eigenvalue weighted by atomic mass is 9.68. The van der Waals surface area contributed by atoms with E-state index >= 15 is 0 Å². The highest BCUT2D eigenvalue weighted by molar-refractivity contribution is 5.12. The molecule has 3 saturated carbocycles. The zero-order valence-corrected chi connectivity index (χ0v) is 9.91. The molecule has 0 aromatic rings. The van der Waals surface area contributed by atoms with Crippen LogP contribution in [0.4, 0.5) is 0 Å². The molecule has 0 aliphatic heterocycles. The van der Waals surface area contributed by atoms with Crippen LogP contribution in [0.3, 0.4) is 0 Å². The molecule has 3 fully saturated rings. The van der Waals surface area contributed by atoms with Gasteiger partial charge in [-0.25, -0.2) is 0 Å². The van der Waals surface area contributed by atoms with E-state index in [1.807, 2.05) is 7.11 Å². The van der Waals surface area contributed by atoms with Crippen LogP contribution in [0.5, 0.6) is 0 Å². The van der Waals surface area contributed by atoms with Crippen LogP contribution in [-0.4, -0.2) is 19.3 Å². The number of rotatable bonds is 1. The summed E-state index contributed by atoms with van der Waals surface area (Å²) in [7, 11) is 1.86. The van der Waals surface area contributed by atoms with Gasteiger partial charge in [0.25, 0.3) is 0 Å². The maximum Gasteiger partial charge on any atom is 0.0603 e. The zero-order valence-electron chi connectivity index (χ0n) is 9.91. The third-order valence-corrected chi connectivity index (χ3v) is 5.68. The molecule has 0 unspecified atom stereocenters. The van der Waals surface area contributed by atoms with Gasteiger partial charge in [0.2, 0.25) is 0 Å². The van der Waals surface area contributed by atoms with Crippen molar-refractivity contribution in [3.8, 4) is 0 Å². The van der Waals surface area contributed by atoms with Gasteiger partial charge in [-0.1, -0.05) is 6.92 Å². The van der Waals surface area contributed by atoms with E-state index in [4.69, 9.17) is 10.5 Å². The Morgan fingerprint density at radius 2 is 2.07 bits per heavy atom. The molecule has 0 aromatic heterocycles. The van der Waals surface area contributed by atoms with Gasteiger partial charge in [-0.3, -0.25) is 0 Å². The van der Waals surface area contributed by atoms with Gasteiger partial charge >= 0.3 is 0 Å². The zero-order chi connectivity index (χ0) is 10.6. The maximum atomic E-state index is 6.48. The molecule has 0 amide bonds. The second-order valence-corrected chi connectivity index (χ2v) is 6.19. The van der Waals surface area contributed by atoms with E-state index < -0.39 is 0 Å². The standard InChI is InChI=1S/C13H23NO/c1-8-6-13(7-11(8)15-2)10-4-3-9(5-10)12(13)14/h8-12H,3-7,14H2,1-2H3/t8-,9-,10+,11-,12-,13-/m1/s1. The highest BCUT2D eigenvalue weighted by atomic mass is 16.5. The quantitative estimate of drug-likeness (QED) is 0.718. The summed E-state index contributed by atoms with van der Waals surface area (Å²) < 4.78 is 5.61. The minimum absolute atomic E-state index is 0.461. The first-order chi connectivity index (χ1) is 7.17. The maximum absolute atomic E-state index is 6.48. The number of methoxy groups -OCH3 is 1. The third kappa shape index (κ3) is 1.18. The molecule has 0 aromatic carbocycles. The third-order valence-electron chi connectivity index (χ3n) is 5.68. The first-order valence-electron chi connectivity index (χ1n) is 6.46. The summed E-state index contributed by atoms with van der Waals surface area (Å²) in [6, 6.07) is 0.471. The molecule has 2 nitrogen and oxygen atoms in total. The molecule has 2 heteroatoms. The van der Waals surface area contributed by atoms with Crippen LogP contribution in [0.1, 0.15) is 39.0 Å². The molecule has 0 radical (unpaired) electrons. The minimum atomic E-state index is 0.461. The average molecular weight is 209 g/mol. The lowest BCUT2D eigenvalue weighted by Gasteiger charge is -2.39. The normalized spacial score (nSPS) is 58.2. The summed E-state index contributed by atoms with van der Waals surface area (Å²) >= 11 is 0. The number of nitrogens with two attached hydrogens (primary N) is 1. The monoisotopic (exact) mass is 209 g/mol. The smallest absolute Gasteiger partial charge is 0.0603 e. The van der Waals surface area contributed by atoms with E-state index in [0.717, 1.165) is 11.8 Å². The van der Waals surface area contributed by atoms with Crippen LogP contribution in [0.15, 0.2) is 0 Å². The van der Waals surface area contributed by atoms with Gasteiger partial charge in [-0.15, -0.1) is 0 Å². The van der Waals surface area contributed by atoms with E-state index in [-0.39, 0.29) is 0 Å². The Hall–Kier alpha value is -0.0800. The largest absolute Gasteiger partial charge is 0.381 e. The van der Waals surface area contributed by atoms with Crippen LogP contribution in [0, 0.1) is 23.2 Å². The molecular weight excluding hydrogens is 186 g/mol. The van der Waals surface area contributed by atoms with Crippen LogP contribution >= 0.6 is 0 Å². The summed E-state index contributed by atoms with van der Waals surface area (Å²) in [6.45, 7) is 2.33. The van der Waals surface area contributed by atoms with Crippen molar-refractivity contribution < 1.29 is 4.74 Å². The van der Waals surface area contributed by atoms with Crippen molar-refractivity contribution in [3.05, 3.63) is 0 Å². The predicted molar refractivity (Wildman–Crippen MR) is 60.4 cm³/mol. The number of ether oxygens (including phenoxy) is 1. The van der Waals surface area contributed by atoms with Crippen molar-refractivity contribution in [1.29, 1.82) is 0 Å². The summed E-state index contributed by atoms with van der Waals surface area (Å²) in [5, 5.41) is 0. The molecule has 2 bridgehead atoms. The van der Waals surface area contributed by atoms with E-state index in [1.54, 1.807) is 0 Å². The summed E-state index contributed by atoms with van der Waals surface area (Å²) in [4.78, 5) is 0. The van der Waals surface area contributed by atoms with Gasteiger partial charge in [0.1, 0.15) is 0 Å². The Kier molecular flexibility index (Phi) is 2.16. The summed E-state index contributed by atoms with van der Waals surface area (Å²) in [6.07, 6.45) is 7.24. The van der Waals surface area contributed by atoms with Crippen LogP contribution in [0.25, 0.3) is 0 Å². The van der Waals surface area contributed by atoms with Gasteiger partial charge in [0, 0.05) is 13.2 Å². The van der Waals surface area contributed by atoms with Crippen LogP contribution < -0.4 is 5.73 Å². The van der Waals surface area contributed by atoms with Crippen molar-refractivity contribution in [2.75, 3.05) is 7.11 Å². The van der Waals surface area contributed by atoms with Gasteiger partial charge in [-0.2, -0.15) is 0 Å². The minimum Gasteiger partial charge on any atom is -0.381 e. The highest BCUT2D eigenvalue weighted by Crippen LogP contribution is 2.63. The molecule has 15 heavy (non-hydrogen) atoms. The Labute approximate surface area is 92.6 Å². The first kappa shape index (κ1) is 10.1. The number of hydrogen-bond donors (Lipinski definition) is 1. The molecule has 0 heterocycles. The number of fused-ring (bicyclic) bond motifs is 3. The molecular formula is C13H23NO. The fourth-order valence-corrected chi connectivity index (χ4v) is 4.92. The molecule has 6 atom stereocenters. The predicted octanol–water partition coefficient (Wildman–Crippen LogP) is 2.17. The van der Waals surface area contributed by atoms with E-state index in [0.29, 0.717) is 23.5 Å². The molecule has 2 N–H and O–H groups in total. The molecule has 3 rings (SSSR count). The fraction of sp³-hybridized carbons (Fsp3) is 1.00. The lowest BCUT2D eigenvalue weighted by Crippen LogP contribution is -2.45. The van der Waals surface area contributed by atoms with Crippen molar-refractivity contribution in [3.63, 3.8) is 0 Å². The Morgan fingerprint density at radius 3 is 2.60 bits per heavy atom. The lowest BCUT2D eigenvalue weighted by molar-refractivity contribution is 0.0593. The molecule has 0 saturated heterocycles. The van der Waals surface area contributed by atoms with Crippen LogP contribution in [-0.2, 0) is 4.74 Å². The fourth-order valence-electron chi connectivity index (χ4n) is 4.92. The Balaban J connectivity index is 1.86. The van der Waals surface area contributed by atoms with Crippen molar-refractivity contribution >= 4 is 0 Å². The van der Waals surface area contributed by atoms with Gasteiger partial charge in [0.05, 0.1) is 6.10 Å². The summed E-state index contributed by atoms with van der Waals surface area (Å²) in [5.41, 5.74) is 6.95. The van der Waals surface area contributed by atoms with Crippen molar-refractivity contribution in [1.82, 2.24) is 0 Å².